The standard InChI is InChI=1S/C21H20ClF3O7/c22-15-6-3-13(20-18(29)16(27)17(28)19(9-26,32-20)10-30-20)8-12(15)7-11-1-4-14(5-2-11)31-21(23,24)25/h1-6,8,16-18,26-29H,7,9-10H2/t16-,17-,18+,19?,20?/m0/s1. The first kappa shape index (κ1) is 23.2. The highest BCUT2D eigenvalue weighted by Crippen LogP contribution is 2.49. The molecule has 2 aliphatic rings. The van der Waals surface area contributed by atoms with Gasteiger partial charge in [-0.2, -0.15) is 0 Å². The molecule has 0 spiro atoms. The summed E-state index contributed by atoms with van der Waals surface area (Å²) in [7, 11) is 0. The van der Waals surface area contributed by atoms with Crippen molar-refractivity contribution in [2.75, 3.05) is 13.2 Å². The molecule has 2 aliphatic heterocycles. The fourth-order valence-electron chi connectivity index (χ4n) is 4.03. The SMILES string of the molecule is OCC12COC(c3ccc(Cl)c(Cc4ccc(OC(F)(F)F)cc4)c3)(O1)[C@H](O)[C@@H](O)[C@@H]2O. The number of rotatable bonds is 5. The van der Waals surface area contributed by atoms with E-state index >= 15 is 0 Å². The molecular weight excluding hydrogens is 457 g/mol. The van der Waals surface area contributed by atoms with Gasteiger partial charge in [0.15, 0.2) is 0 Å². The zero-order valence-electron chi connectivity index (χ0n) is 16.4. The Morgan fingerprint density at radius 1 is 1.06 bits per heavy atom. The first-order valence-corrected chi connectivity index (χ1v) is 10.0. The number of hydrogen-bond donors (Lipinski definition) is 4. The third-order valence-corrected chi connectivity index (χ3v) is 6.10. The Bertz CT molecular complexity index is 986. The number of fused-ring (bicyclic) bond motifs is 2. The van der Waals surface area contributed by atoms with E-state index in [4.69, 9.17) is 21.1 Å². The summed E-state index contributed by atoms with van der Waals surface area (Å²) in [6.07, 6.45) is -9.43. The molecule has 2 aromatic rings. The average Bonchev–Trinajstić information content (AvgIpc) is 3.13. The highest BCUT2D eigenvalue weighted by atomic mass is 35.5. The van der Waals surface area contributed by atoms with Crippen LogP contribution in [0.2, 0.25) is 5.02 Å². The number of alkyl halides is 3. The Labute approximate surface area is 185 Å². The zero-order valence-corrected chi connectivity index (χ0v) is 17.2. The summed E-state index contributed by atoms with van der Waals surface area (Å²) in [5.41, 5.74) is -0.131. The van der Waals surface area contributed by atoms with Crippen LogP contribution in [0.3, 0.4) is 0 Å². The van der Waals surface area contributed by atoms with Crippen molar-refractivity contribution in [2.24, 2.45) is 0 Å². The zero-order chi connectivity index (χ0) is 23.3. The van der Waals surface area contributed by atoms with Crippen LogP contribution in [0.15, 0.2) is 42.5 Å². The third-order valence-electron chi connectivity index (χ3n) is 5.73. The van der Waals surface area contributed by atoms with E-state index in [-0.39, 0.29) is 18.8 Å². The number of aliphatic hydroxyl groups is 4. The topological polar surface area (TPSA) is 109 Å². The van der Waals surface area contributed by atoms with Crippen molar-refractivity contribution >= 4 is 11.6 Å². The van der Waals surface area contributed by atoms with Crippen molar-refractivity contribution in [3.05, 3.63) is 64.2 Å². The lowest BCUT2D eigenvalue weighted by molar-refractivity contribution is -0.329. The van der Waals surface area contributed by atoms with Crippen molar-refractivity contribution in [1.82, 2.24) is 0 Å². The molecule has 2 unspecified atom stereocenters. The monoisotopic (exact) mass is 476 g/mol. The lowest BCUT2D eigenvalue weighted by Gasteiger charge is -2.46. The second-order valence-electron chi connectivity index (χ2n) is 7.84. The van der Waals surface area contributed by atoms with Gasteiger partial charge in [0, 0.05) is 10.6 Å². The van der Waals surface area contributed by atoms with Gasteiger partial charge in [-0.15, -0.1) is 13.2 Å². The molecule has 5 atom stereocenters. The predicted molar refractivity (Wildman–Crippen MR) is 104 cm³/mol. The lowest BCUT2D eigenvalue weighted by Crippen LogP contribution is -2.65. The molecule has 2 fully saturated rings. The Balaban J connectivity index is 1.62. The number of aliphatic hydroxyl groups excluding tert-OH is 4. The molecule has 0 amide bonds. The molecule has 11 heteroatoms. The van der Waals surface area contributed by atoms with Crippen LogP contribution in [-0.2, 0) is 21.7 Å². The molecule has 0 saturated carbocycles. The Morgan fingerprint density at radius 2 is 1.75 bits per heavy atom. The molecule has 2 saturated heterocycles. The maximum absolute atomic E-state index is 12.3. The molecule has 2 bridgehead atoms. The minimum atomic E-state index is -4.79. The fraction of sp³-hybridized carbons (Fsp3) is 0.429. The highest BCUT2D eigenvalue weighted by Gasteiger charge is 2.67. The summed E-state index contributed by atoms with van der Waals surface area (Å²) in [6, 6.07) is 9.89. The second kappa shape index (κ2) is 8.14. The maximum atomic E-state index is 12.3. The molecule has 7 nitrogen and oxygen atoms in total. The van der Waals surface area contributed by atoms with E-state index in [9.17, 15) is 33.6 Å². The van der Waals surface area contributed by atoms with Gasteiger partial charge >= 0.3 is 6.36 Å². The van der Waals surface area contributed by atoms with Crippen LogP contribution >= 0.6 is 11.6 Å². The Hall–Kier alpha value is -1.92. The fourth-order valence-corrected chi connectivity index (χ4v) is 4.22. The minimum Gasteiger partial charge on any atom is -0.406 e. The van der Waals surface area contributed by atoms with E-state index in [2.05, 4.69) is 4.74 Å². The van der Waals surface area contributed by atoms with Crippen molar-refractivity contribution in [2.45, 2.75) is 42.5 Å². The van der Waals surface area contributed by atoms with Crippen LogP contribution in [-0.4, -0.2) is 63.9 Å². The van der Waals surface area contributed by atoms with Crippen LogP contribution in [0.1, 0.15) is 16.7 Å². The summed E-state index contributed by atoms with van der Waals surface area (Å²) in [5, 5.41) is 41.3. The highest BCUT2D eigenvalue weighted by molar-refractivity contribution is 6.31. The average molecular weight is 477 g/mol. The summed E-state index contributed by atoms with van der Waals surface area (Å²) in [4.78, 5) is 0. The molecule has 32 heavy (non-hydrogen) atoms. The van der Waals surface area contributed by atoms with Crippen LogP contribution in [0.25, 0.3) is 0 Å². The quantitative estimate of drug-likeness (QED) is 0.521. The molecule has 0 aromatic heterocycles. The second-order valence-corrected chi connectivity index (χ2v) is 8.24. The van der Waals surface area contributed by atoms with Crippen LogP contribution in [0.4, 0.5) is 13.2 Å². The molecule has 0 radical (unpaired) electrons. The number of benzene rings is 2. The smallest absolute Gasteiger partial charge is 0.406 e. The molecule has 174 valence electrons. The predicted octanol–water partition coefficient (Wildman–Crippen LogP) is 1.86. The molecule has 0 aliphatic carbocycles. The van der Waals surface area contributed by atoms with Gasteiger partial charge in [0.05, 0.1) is 13.2 Å². The van der Waals surface area contributed by atoms with E-state index in [1.54, 1.807) is 6.07 Å². The minimum absolute atomic E-state index is 0.224. The van der Waals surface area contributed by atoms with Gasteiger partial charge in [-0.1, -0.05) is 29.8 Å². The van der Waals surface area contributed by atoms with Crippen LogP contribution in [0.5, 0.6) is 5.75 Å². The summed E-state index contributed by atoms with van der Waals surface area (Å²) in [6.45, 7) is -0.913. The van der Waals surface area contributed by atoms with Gasteiger partial charge in [-0.25, -0.2) is 0 Å². The molecular formula is C21H20ClF3O7. The van der Waals surface area contributed by atoms with Gasteiger partial charge in [0.25, 0.3) is 0 Å². The third kappa shape index (κ3) is 3.96. The van der Waals surface area contributed by atoms with Crippen LogP contribution < -0.4 is 4.74 Å². The van der Waals surface area contributed by atoms with Gasteiger partial charge < -0.3 is 34.6 Å². The Kier molecular flexibility index (Phi) is 5.91. The van der Waals surface area contributed by atoms with Crippen molar-refractivity contribution in [1.29, 1.82) is 0 Å². The first-order valence-electron chi connectivity index (χ1n) is 9.62. The molecule has 4 rings (SSSR count). The summed E-state index contributed by atoms with van der Waals surface area (Å²) < 4.78 is 52.4. The molecule has 4 N–H and O–H groups in total. The largest absolute Gasteiger partial charge is 0.573 e. The van der Waals surface area contributed by atoms with Gasteiger partial charge in [-0.3, -0.25) is 0 Å². The van der Waals surface area contributed by atoms with Crippen molar-refractivity contribution in [3.8, 4) is 5.75 Å². The van der Waals surface area contributed by atoms with Crippen molar-refractivity contribution in [3.63, 3.8) is 0 Å². The summed E-state index contributed by atoms with van der Waals surface area (Å²) in [5.74, 6) is -2.20. The van der Waals surface area contributed by atoms with E-state index in [1.165, 1.54) is 36.4 Å². The van der Waals surface area contributed by atoms with E-state index in [1.807, 2.05) is 0 Å². The normalized spacial score (nSPS) is 32.2. The molecule has 2 heterocycles. The van der Waals surface area contributed by atoms with Crippen LogP contribution in [0, 0.1) is 0 Å². The van der Waals surface area contributed by atoms with Gasteiger partial charge in [-0.05, 0) is 41.8 Å². The van der Waals surface area contributed by atoms with E-state index < -0.39 is 42.7 Å². The first-order chi connectivity index (χ1) is 15.0. The summed E-state index contributed by atoms with van der Waals surface area (Å²) >= 11 is 6.30. The van der Waals surface area contributed by atoms with E-state index in [0.717, 1.165) is 0 Å². The van der Waals surface area contributed by atoms with Gasteiger partial charge in [0.1, 0.15) is 29.7 Å². The lowest BCUT2D eigenvalue weighted by atomic mass is 9.83. The number of hydrogen-bond acceptors (Lipinski definition) is 7. The number of halogens is 4. The molecule has 2 aromatic carbocycles. The van der Waals surface area contributed by atoms with Crippen molar-refractivity contribution < 1.29 is 47.8 Å². The van der Waals surface area contributed by atoms with Gasteiger partial charge in [0.2, 0.25) is 5.79 Å². The maximum Gasteiger partial charge on any atom is 0.573 e. The van der Waals surface area contributed by atoms with E-state index in [0.29, 0.717) is 21.7 Å². The Morgan fingerprint density at radius 3 is 2.38 bits per heavy atom. The number of ether oxygens (including phenoxy) is 3.